The van der Waals surface area contributed by atoms with Gasteiger partial charge in [0.2, 0.25) is 10.0 Å². The summed E-state index contributed by atoms with van der Waals surface area (Å²) in [5, 5.41) is 10.5. The molecule has 0 heterocycles. The molecule has 0 amide bonds. The Labute approximate surface area is 228 Å². The first-order valence-corrected chi connectivity index (χ1v) is 14.3. The minimum Gasteiger partial charge on any atom is -0.479 e. The Bertz CT molecular complexity index is 1530. The van der Waals surface area contributed by atoms with Crippen molar-refractivity contribution in [1.29, 1.82) is 0 Å². The minimum atomic E-state index is -3.78. The Morgan fingerprint density at radius 2 is 1.63 bits per heavy atom. The Kier molecular flexibility index (Phi) is 8.32. The first kappa shape index (κ1) is 29.6. The number of rotatable bonds is 7. The number of hydrogen-bond donors (Lipinski definition) is 2. The van der Waals surface area contributed by atoms with Crippen molar-refractivity contribution in [1.82, 2.24) is 0 Å². The Morgan fingerprint density at radius 3 is 2.13 bits per heavy atom. The number of halogens is 2. The van der Waals surface area contributed by atoms with Crippen molar-refractivity contribution in [2.24, 2.45) is 0 Å². The van der Waals surface area contributed by atoms with Gasteiger partial charge in [-0.2, -0.15) is 0 Å². The summed E-state index contributed by atoms with van der Waals surface area (Å²) in [6, 6.07) is 9.88. The first-order valence-electron chi connectivity index (χ1n) is 12.0. The highest BCUT2D eigenvalue weighted by Crippen LogP contribution is 2.47. The molecule has 0 aromatic heterocycles. The van der Waals surface area contributed by atoms with Crippen LogP contribution in [0.4, 0.5) is 10.1 Å². The normalized spacial score (nSPS) is 12.9. The van der Waals surface area contributed by atoms with Gasteiger partial charge in [-0.25, -0.2) is 17.6 Å². The molecule has 3 aromatic rings. The largest absolute Gasteiger partial charge is 0.479 e. The van der Waals surface area contributed by atoms with Gasteiger partial charge in [0, 0.05) is 21.7 Å². The maximum absolute atomic E-state index is 15.5. The SMILES string of the molecule is Cc1ccc(-c2c(C)c(-c3ccc(Cl)cc3F)c(C(OC(C)(C)C)C(=O)O)c(C)c2NS(C)(=O)=O)cc1C. The van der Waals surface area contributed by atoms with E-state index in [2.05, 4.69) is 4.72 Å². The number of hydrogen-bond acceptors (Lipinski definition) is 4. The lowest BCUT2D eigenvalue weighted by molar-refractivity contribution is -0.160. The van der Waals surface area contributed by atoms with E-state index < -0.39 is 33.5 Å². The van der Waals surface area contributed by atoms with Crippen LogP contribution in [-0.2, 0) is 19.6 Å². The molecule has 9 heteroatoms. The smallest absolute Gasteiger partial charge is 0.337 e. The molecule has 0 bridgehead atoms. The van der Waals surface area contributed by atoms with Gasteiger partial charge in [0.25, 0.3) is 0 Å². The van der Waals surface area contributed by atoms with E-state index in [9.17, 15) is 18.3 Å². The van der Waals surface area contributed by atoms with Gasteiger partial charge in [-0.15, -0.1) is 0 Å². The third-order valence-corrected chi connectivity index (χ3v) is 7.10. The van der Waals surface area contributed by atoms with E-state index in [4.69, 9.17) is 16.3 Å². The zero-order valence-electron chi connectivity index (χ0n) is 22.8. The van der Waals surface area contributed by atoms with Crippen molar-refractivity contribution >= 4 is 33.3 Å². The molecule has 1 atom stereocenters. The number of ether oxygens (including phenoxy) is 1. The predicted molar refractivity (Wildman–Crippen MR) is 151 cm³/mol. The van der Waals surface area contributed by atoms with Gasteiger partial charge in [0.05, 0.1) is 17.5 Å². The van der Waals surface area contributed by atoms with Crippen molar-refractivity contribution in [3.63, 3.8) is 0 Å². The number of benzene rings is 3. The summed E-state index contributed by atoms with van der Waals surface area (Å²) in [4.78, 5) is 12.6. The predicted octanol–water partition coefficient (Wildman–Crippen LogP) is 7.36. The second-order valence-corrected chi connectivity index (χ2v) is 12.7. The van der Waals surface area contributed by atoms with E-state index in [-0.39, 0.29) is 21.8 Å². The number of aryl methyl sites for hydroxylation is 2. The molecule has 3 rings (SSSR count). The molecule has 0 fully saturated rings. The van der Waals surface area contributed by atoms with Crippen LogP contribution >= 0.6 is 11.6 Å². The summed E-state index contributed by atoms with van der Waals surface area (Å²) in [5.74, 6) is -1.93. The Hall–Kier alpha value is -2.94. The van der Waals surface area contributed by atoms with Crippen molar-refractivity contribution in [2.75, 3.05) is 11.0 Å². The molecule has 0 saturated heterocycles. The fourth-order valence-corrected chi connectivity index (χ4v) is 5.33. The van der Waals surface area contributed by atoms with E-state index in [0.717, 1.165) is 23.4 Å². The second-order valence-electron chi connectivity index (χ2n) is 10.5. The molecule has 2 N–H and O–H groups in total. The van der Waals surface area contributed by atoms with E-state index in [1.807, 2.05) is 32.0 Å². The van der Waals surface area contributed by atoms with Gasteiger partial charge in [-0.05, 0) is 100 Å². The van der Waals surface area contributed by atoms with Crippen LogP contribution in [0.1, 0.15) is 54.7 Å². The number of carboxylic acids is 1. The molecule has 6 nitrogen and oxygen atoms in total. The number of carboxylic acid groups (broad SMARTS) is 1. The summed E-state index contributed by atoms with van der Waals surface area (Å²) < 4.78 is 49.1. The van der Waals surface area contributed by atoms with Crippen LogP contribution < -0.4 is 4.72 Å². The molecular weight excluding hydrogens is 529 g/mol. The van der Waals surface area contributed by atoms with Crippen molar-refractivity contribution in [3.05, 3.63) is 75.1 Å². The van der Waals surface area contributed by atoms with Crippen molar-refractivity contribution < 1.29 is 27.4 Å². The fraction of sp³-hybridized carbons (Fsp3) is 0.345. The van der Waals surface area contributed by atoms with Crippen molar-refractivity contribution in [3.8, 4) is 22.3 Å². The minimum absolute atomic E-state index is 0.129. The van der Waals surface area contributed by atoms with E-state index >= 15 is 4.39 Å². The summed E-state index contributed by atoms with van der Waals surface area (Å²) in [6.07, 6.45) is -0.494. The summed E-state index contributed by atoms with van der Waals surface area (Å²) in [6.45, 7) is 12.4. The number of sulfonamides is 1. The van der Waals surface area contributed by atoms with Crippen LogP contribution in [0.25, 0.3) is 22.3 Å². The number of anilines is 1. The lowest BCUT2D eigenvalue weighted by atomic mass is 9.82. The summed E-state index contributed by atoms with van der Waals surface area (Å²) in [7, 11) is -3.78. The highest BCUT2D eigenvalue weighted by molar-refractivity contribution is 7.92. The average Bonchev–Trinajstić information content (AvgIpc) is 2.76. The van der Waals surface area contributed by atoms with Gasteiger partial charge < -0.3 is 9.84 Å². The van der Waals surface area contributed by atoms with Crippen LogP contribution in [0.2, 0.25) is 5.02 Å². The standard InChI is InChI=1S/C29H33ClFNO5S/c1-15-9-10-19(13-16(15)2)23-17(3)24(21-12-11-20(30)14-22(21)31)25(18(4)26(23)32-38(8,35)36)27(28(33)34)37-29(5,6)7/h9-14,27,32H,1-8H3,(H,33,34). The summed E-state index contributed by atoms with van der Waals surface area (Å²) >= 11 is 6.04. The van der Waals surface area contributed by atoms with Gasteiger partial charge in [0.1, 0.15) is 5.82 Å². The zero-order chi connectivity index (χ0) is 28.7. The number of carbonyl (C=O) groups is 1. The Morgan fingerprint density at radius 1 is 1.00 bits per heavy atom. The van der Waals surface area contributed by atoms with Gasteiger partial charge in [-0.3, -0.25) is 4.72 Å². The Balaban J connectivity index is 2.61. The molecule has 0 saturated carbocycles. The van der Waals surface area contributed by atoms with Gasteiger partial charge in [0.15, 0.2) is 6.10 Å². The molecule has 1 unspecified atom stereocenters. The number of nitrogens with one attached hydrogen (secondary N) is 1. The molecule has 0 aliphatic heterocycles. The third kappa shape index (κ3) is 6.37. The average molecular weight is 562 g/mol. The van der Waals surface area contributed by atoms with Gasteiger partial charge >= 0.3 is 5.97 Å². The summed E-state index contributed by atoms with van der Waals surface area (Å²) in [5.41, 5.74) is 3.98. The van der Waals surface area contributed by atoms with Crippen LogP contribution in [0, 0.1) is 33.5 Å². The van der Waals surface area contributed by atoms with E-state index in [0.29, 0.717) is 27.8 Å². The molecular formula is C29H33ClFNO5S. The highest BCUT2D eigenvalue weighted by atomic mass is 35.5. The first-order chi connectivity index (χ1) is 17.4. The molecule has 38 heavy (non-hydrogen) atoms. The quantitative estimate of drug-likeness (QED) is 0.314. The van der Waals surface area contributed by atoms with Crippen LogP contribution in [-0.4, -0.2) is 31.4 Å². The zero-order valence-corrected chi connectivity index (χ0v) is 24.4. The van der Waals surface area contributed by atoms with Gasteiger partial charge in [-0.1, -0.05) is 29.8 Å². The van der Waals surface area contributed by atoms with Crippen LogP contribution in [0.5, 0.6) is 0 Å². The third-order valence-electron chi connectivity index (χ3n) is 6.29. The van der Waals surface area contributed by atoms with E-state index in [1.165, 1.54) is 12.1 Å². The molecule has 0 radical (unpaired) electrons. The fourth-order valence-electron chi connectivity index (χ4n) is 4.55. The maximum Gasteiger partial charge on any atom is 0.337 e. The molecule has 0 spiro atoms. The molecule has 3 aromatic carbocycles. The van der Waals surface area contributed by atoms with Crippen LogP contribution in [0.15, 0.2) is 36.4 Å². The lowest BCUT2D eigenvalue weighted by Gasteiger charge is -2.31. The van der Waals surface area contributed by atoms with Crippen LogP contribution in [0.3, 0.4) is 0 Å². The topological polar surface area (TPSA) is 92.7 Å². The molecule has 0 aliphatic rings. The monoisotopic (exact) mass is 561 g/mol. The molecule has 0 aliphatic carbocycles. The highest BCUT2D eigenvalue weighted by Gasteiger charge is 2.35. The van der Waals surface area contributed by atoms with E-state index in [1.54, 1.807) is 34.6 Å². The lowest BCUT2D eigenvalue weighted by Crippen LogP contribution is -2.29. The van der Waals surface area contributed by atoms with Crippen molar-refractivity contribution in [2.45, 2.75) is 60.2 Å². The second kappa shape index (κ2) is 10.7. The maximum atomic E-state index is 15.5. The number of aliphatic carboxylic acids is 1. The molecule has 204 valence electrons.